The molecular weight excluding hydrogens is 592 g/mol. The van der Waals surface area contributed by atoms with Crippen LogP contribution in [0.1, 0.15) is 65.0 Å². The van der Waals surface area contributed by atoms with Crippen LogP contribution in [-0.2, 0) is 11.2 Å². The summed E-state index contributed by atoms with van der Waals surface area (Å²) < 4.78 is 37.6. The van der Waals surface area contributed by atoms with Crippen LogP contribution in [-0.4, -0.2) is 90.4 Å². The van der Waals surface area contributed by atoms with E-state index in [0.29, 0.717) is 36.0 Å². The van der Waals surface area contributed by atoms with Crippen LogP contribution < -0.4 is 0 Å². The van der Waals surface area contributed by atoms with Crippen LogP contribution in [0.2, 0.25) is 0 Å². The van der Waals surface area contributed by atoms with Crippen molar-refractivity contribution in [1.82, 2.24) is 9.88 Å². The van der Waals surface area contributed by atoms with Crippen molar-refractivity contribution >= 4 is 23.6 Å². The zero-order chi connectivity index (χ0) is 34.4. The number of aliphatic imine (C=N–C) groups is 1. The average Bonchev–Trinajstić information content (AvgIpc) is 3.28. The van der Waals surface area contributed by atoms with Crippen molar-refractivity contribution in [3.63, 3.8) is 0 Å². The Balaban J connectivity index is 1.77. The Hall–Kier alpha value is -3.67. The van der Waals surface area contributed by atoms with Gasteiger partial charge in [0, 0.05) is 52.3 Å². The first-order valence-electron chi connectivity index (χ1n) is 16.9. The summed E-state index contributed by atoms with van der Waals surface area (Å²) in [6, 6.07) is 10.4. The van der Waals surface area contributed by atoms with Gasteiger partial charge in [-0.25, -0.2) is 4.39 Å². The summed E-state index contributed by atoms with van der Waals surface area (Å²) in [5.74, 6) is 3.26. The number of aromatic nitrogens is 1. The smallest absolute Gasteiger partial charge is 0.426 e. The number of fused-ring (bicyclic) bond motifs is 1. The topological polar surface area (TPSA) is 40.7 Å². The molecule has 0 amide bonds. The lowest BCUT2D eigenvalue weighted by Crippen LogP contribution is -2.50. The largest absolute Gasteiger partial charge is 0.504 e. The van der Waals surface area contributed by atoms with E-state index in [1.54, 1.807) is 6.08 Å². The molecule has 0 radical (unpaired) electrons. The summed E-state index contributed by atoms with van der Waals surface area (Å²) in [7, 11) is 6.42. The van der Waals surface area contributed by atoms with Crippen molar-refractivity contribution < 1.29 is 22.6 Å². The highest BCUT2D eigenvalue weighted by molar-refractivity contribution is 5.91. The number of quaternary nitrogens is 1. The van der Waals surface area contributed by atoms with Crippen molar-refractivity contribution in [2.24, 2.45) is 16.3 Å². The average molecular weight is 646 g/mol. The molecule has 0 spiro atoms. The molecule has 6 nitrogen and oxygen atoms in total. The van der Waals surface area contributed by atoms with Crippen molar-refractivity contribution in [2.75, 3.05) is 54.1 Å². The minimum atomic E-state index is -0.477. The van der Waals surface area contributed by atoms with Crippen LogP contribution >= 0.6 is 0 Å². The molecule has 2 aliphatic heterocycles. The maximum Gasteiger partial charge on any atom is 0.504 e. The van der Waals surface area contributed by atoms with Gasteiger partial charge in [0.2, 0.25) is 0 Å². The summed E-state index contributed by atoms with van der Waals surface area (Å²) in [5.41, 5.74) is 3.90. The number of pyridine rings is 1. The molecule has 1 aromatic carbocycles. The fourth-order valence-corrected chi connectivity index (χ4v) is 7.09. The van der Waals surface area contributed by atoms with Crippen LogP contribution in [0.3, 0.4) is 0 Å². The summed E-state index contributed by atoms with van der Waals surface area (Å²) in [4.78, 5) is 12.5. The maximum atomic E-state index is 14.2. The van der Waals surface area contributed by atoms with Crippen LogP contribution in [0.5, 0.6) is 0 Å². The monoisotopic (exact) mass is 645 g/mol. The lowest BCUT2D eigenvalue weighted by atomic mass is 9.82. The van der Waals surface area contributed by atoms with Gasteiger partial charge in [-0.3, -0.25) is 18.8 Å². The Morgan fingerprint density at radius 2 is 2.02 bits per heavy atom. The Kier molecular flexibility index (Phi) is 11.6. The highest BCUT2D eigenvalue weighted by atomic mass is 19.1. The Labute approximate surface area is 281 Å². The van der Waals surface area contributed by atoms with Crippen LogP contribution in [0, 0.1) is 23.7 Å². The number of hydrogen-bond donors (Lipinski definition) is 0. The molecule has 2 unspecified atom stereocenters. The fraction of sp³-hybridized carbons (Fsp3) is 0.513. The van der Waals surface area contributed by atoms with Crippen LogP contribution in [0.15, 0.2) is 59.5 Å². The van der Waals surface area contributed by atoms with Gasteiger partial charge in [0.1, 0.15) is 18.1 Å². The number of hydrogen-bond acceptors (Lipinski definition) is 4. The molecule has 0 N–H and O–H groups in total. The van der Waals surface area contributed by atoms with Gasteiger partial charge >= 0.3 is 11.9 Å². The number of ether oxygens (including phenoxy) is 1. The van der Waals surface area contributed by atoms with E-state index >= 15 is 0 Å². The highest BCUT2D eigenvalue weighted by Crippen LogP contribution is 2.44. The first-order valence-corrected chi connectivity index (χ1v) is 16.9. The van der Waals surface area contributed by atoms with Gasteiger partial charge in [-0.2, -0.15) is 4.58 Å². The molecule has 4 rings (SSSR count). The van der Waals surface area contributed by atoms with Gasteiger partial charge in [-0.05, 0) is 43.5 Å². The number of nitrogens with zero attached hydrogens (tertiary/aromatic N) is 5. The molecular formula is C39H53F2N5O+2. The first kappa shape index (κ1) is 36.2. The molecule has 8 heteroatoms. The molecule has 2 aromatic rings. The van der Waals surface area contributed by atoms with Gasteiger partial charge in [0.15, 0.2) is 0 Å². The molecule has 252 valence electrons. The molecule has 1 fully saturated rings. The Morgan fingerprint density at radius 1 is 1.26 bits per heavy atom. The fourth-order valence-electron chi connectivity index (χ4n) is 7.09. The lowest BCUT2D eigenvalue weighted by Gasteiger charge is -2.36. The zero-order valence-electron chi connectivity index (χ0n) is 29.6. The van der Waals surface area contributed by atoms with E-state index in [0.717, 1.165) is 72.3 Å². The van der Waals surface area contributed by atoms with Gasteiger partial charge < -0.3 is 4.74 Å². The Bertz CT molecular complexity index is 1600. The molecule has 2 aliphatic rings. The summed E-state index contributed by atoms with van der Waals surface area (Å²) >= 11 is 0. The number of likely N-dealkylation sites (tertiary alicyclic amines) is 1. The molecule has 0 aliphatic carbocycles. The third-order valence-electron chi connectivity index (χ3n) is 10.0. The number of amidine groups is 2. The predicted octanol–water partition coefficient (Wildman–Crippen LogP) is 7.82. The normalized spacial score (nSPS) is 23.0. The molecule has 1 saturated heterocycles. The number of benzene rings is 1. The number of allylic oxidation sites excluding steroid dienone is 3. The minimum absolute atomic E-state index is 0.276. The second-order valence-electron chi connectivity index (χ2n) is 14.3. The Morgan fingerprint density at radius 3 is 2.68 bits per heavy atom. The second kappa shape index (κ2) is 15.0. The molecule has 0 bridgehead atoms. The van der Waals surface area contributed by atoms with E-state index in [1.807, 2.05) is 49.0 Å². The van der Waals surface area contributed by atoms with Gasteiger partial charge in [0.25, 0.3) is 0 Å². The summed E-state index contributed by atoms with van der Waals surface area (Å²) in [6.07, 6.45) is 14.6. The minimum Gasteiger partial charge on any atom is -0.426 e. The van der Waals surface area contributed by atoms with Gasteiger partial charge in [-0.15, -0.1) is 6.42 Å². The predicted molar refractivity (Wildman–Crippen MR) is 190 cm³/mol. The number of terminal acetylenes is 1. The van der Waals surface area contributed by atoms with Crippen molar-refractivity contribution in [3.8, 4) is 23.6 Å². The van der Waals surface area contributed by atoms with E-state index in [9.17, 15) is 8.78 Å². The number of rotatable bonds is 11. The highest BCUT2D eigenvalue weighted by Gasteiger charge is 2.51. The molecule has 3 atom stereocenters. The van der Waals surface area contributed by atoms with Crippen LogP contribution in [0.25, 0.3) is 17.3 Å². The van der Waals surface area contributed by atoms with Crippen molar-refractivity contribution in [3.05, 3.63) is 65.6 Å². The molecule has 0 saturated carbocycles. The molecule has 47 heavy (non-hydrogen) atoms. The third kappa shape index (κ3) is 8.25. The van der Waals surface area contributed by atoms with E-state index in [-0.39, 0.29) is 17.6 Å². The lowest BCUT2D eigenvalue weighted by molar-refractivity contribution is -0.804. The number of halogens is 2. The van der Waals surface area contributed by atoms with Crippen molar-refractivity contribution in [1.29, 1.82) is 0 Å². The SMILES string of the molecule is C#C/C=C(F)/C=C\c1cccc(-c2cc3c(cn2)CC([N+](C)(C)CC(C)CC)=NC(OC[C@@]2(CC)CC(C)(CF)CN2CC)=[N+]3C)c1. The maximum absolute atomic E-state index is 14.2. The van der Waals surface area contributed by atoms with Gasteiger partial charge in [0.05, 0.1) is 52.0 Å². The van der Waals surface area contributed by atoms with E-state index < -0.39 is 5.83 Å². The summed E-state index contributed by atoms with van der Waals surface area (Å²) in [5, 5.41) is 0. The van der Waals surface area contributed by atoms with Gasteiger partial charge in [-0.1, -0.05) is 64.8 Å². The van der Waals surface area contributed by atoms with Crippen molar-refractivity contribution in [2.45, 2.75) is 65.8 Å². The first-order chi connectivity index (χ1) is 22.3. The van der Waals surface area contributed by atoms with E-state index in [4.69, 9.17) is 21.1 Å². The summed E-state index contributed by atoms with van der Waals surface area (Å²) in [6.45, 7) is 13.4. The second-order valence-corrected chi connectivity index (χ2v) is 14.3. The van der Waals surface area contributed by atoms with E-state index in [1.165, 1.54) is 6.08 Å². The van der Waals surface area contributed by atoms with Crippen LogP contribution in [0.4, 0.5) is 14.5 Å². The quantitative estimate of drug-likeness (QED) is 0.108. The molecule has 1 aromatic heterocycles. The van der Waals surface area contributed by atoms with E-state index in [2.05, 4.69) is 58.7 Å². The zero-order valence-corrected chi connectivity index (χ0v) is 29.6. The number of likely N-dealkylation sites (N-methyl/N-ethyl adjacent to an activating group) is 2. The molecule has 3 heterocycles. The number of alkyl halides is 1. The standard InChI is InChI=1S/C39H53F2N5O/c1-10-15-33(41)19-18-30-16-14-17-31(20-30)34-22-35-32(23-42-34)21-36(46(8,9)24-29(5)11-2)43-37(44(35)7)47-28-39(12-3)25-38(6,26-40)27-45(39)13-4/h1,14-20,22-23,29H,11-13,21,24-28H2,2-9H3/q+2/b19-18-,33-15-/t29?,38?,39-/m1/s1. The third-order valence-corrected chi connectivity index (χ3v) is 10.0.